The first-order valence-electron chi connectivity index (χ1n) is 9.27. The van der Waals surface area contributed by atoms with Crippen LogP contribution in [0.1, 0.15) is 41.0 Å². The summed E-state index contributed by atoms with van der Waals surface area (Å²) in [7, 11) is -1.43. The quantitative estimate of drug-likeness (QED) is 0.517. The zero-order valence-electron chi connectivity index (χ0n) is 17.8. The van der Waals surface area contributed by atoms with Crippen LogP contribution in [0.4, 0.5) is 0 Å². The van der Waals surface area contributed by atoms with Gasteiger partial charge in [-0.1, -0.05) is 27.7 Å². The fourth-order valence-corrected chi connectivity index (χ4v) is 5.32. The molecule has 0 amide bonds. The number of hydrogen-bond donors (Lipinski definition) is 0. The van der Waals surface area contributed by atoms with Gasteiger partial charge in [-0.05, 0) is 64.2 Å². The van der Waals surface area contributed by atoms with Crippen molar-refractivity contribution in [2.24, 2.45) is 5.92 Å². The second-order valence-electron chi connectivity index (χ2n) is 9.14. The van der Waals surface area contributed by atoms with Crippen LogP contribution in [0.25, 0.3) is 0 Å². The van der Waals surface area contributed by atoms with E-state index >= 15 is 0 Å². The topological polar surface area (TPSA) is 38.8 Å². The minimum atomic E-state index is -2.02. The lowest BCUT2D eigenvalue weighted by Gasteiger charge is -2.36. The summed E-state index contributed by atoms with van der Waals surface area (Å²) in [4.78, 5) is 14.7. The van der Waals surface area contributed by atoms with E-state index in [9.17, 15) is 4.79 Å². The predicted octanol–water partition coefficient (Wildman–Crippen LogP) is 4.73. The summed E-state index contributed by atoms with van der Waals surface area (Å²) in [6, 6.07) is 1.16. The lowest BCUT2D eigenvalue weighted by atomic mass is 10.2. The van der Waals surface area contributed by atoms with Crippen molar-refractivity contribution in [2.45, 2.75) is 78.3 Å². The van der Waals surface area contributed by atoms with Crippen molar-refractivity contribution in [1.82, 2.24) is 4.90 Å². The Morgan fingerprint density at radius 2 is 1.71 bits per heavy atom. The van der Waals surface area contributed by atoms with E-state index in [1.165, 1.54) is 0 Å². The summed E-state index contributed by atoms with van der Waals surface area (Å²) < 4.78 is 11.8. The third-order valence-electron chi connectivity index (χ3n) is 5.00. The van der Waals surface area contributed by atoms with Crippen LogP contribution < -0.4 is 0 Å². The highest BCUT2D eigenvalue weighted by Crippen LogP contribution is 2.37. The number of nitrogens with zero attached hydrogens (tertiary/aromatic N) is 1. The Morgan fingerprint density at radius 1 is 1.17 bits per heavy atom. The molecule has 0 radical (unpaired) electrons. The average molecular weight is 376 g/mol. The van der Waals surface area contributed by atoms with Crippen molar-refractivity contribution in [3.63, 3.8) is 0 Å². The monoisotopic (exact) mass is 375 g/mol. The van der Waals surface area contributed by atoms with E-state index in [-0.39, 0.29) is 16.9 Å². The van der Waals surface area contributed by atoms with Gasteiger partial charge in [0, 0.05) is 13.2 Å². The van der Waals surface area contributed by atoms with Gasteiger partial charge in [-0.3, -0.25) is 4.79 Å². The maximum atomic E-state index is 12.4. The predicted molar refractivity (Wildman–Crippen MR) is 108 cm³/mol. The van der Waals surface area contributed by atoms with Crippen LogP contribution in [-0.4, -0.2) is 54.2 Å². The Balaban J connectivity index is 4.31. The van der Waals surface area contributed by atoms with E-state index < -0.39 is 16.6 Å². The largest absolute Gasteiger partial charge is 0.519 e. The molecular formula is C18H41NO3Si2. The number of carbonyl (C=O) groups is 1. The molecule has 0 N–H and O–H groups in total. The van der Waals surface area contributed by atoms with Crippen LogP contribution in [0.3, 0.4) is 0 Å². The van der Waals surface area contributed by atoms with Crippen LogP contribution in [0, 0.1) is 5.92 Å². The highest BCUT2D eigenvalue weighted by molar-refractivity contribution is 6.75. The Labute approximate surface area is 152 Å². The first kappa shape index (κ1) is 23.8. The van der Waals surface area contributed by atoms with Gasteiger partial charge in [-0.15, -0.1) is 0 Å². The van der Waals surface area contributed by atoms with Gasteiger partial charge in [0.05, 0.1) is 5.92 Å². The molecule has 0 aliphatic heterocycles. The summed E-state index contributed by atoms with van der Waals surface area (Å²) in [5.74, 6) is -0.126. The second kappa shape index (κ2) is 9.50. The minimum Gasteiger partial charge on any atom is -0.519 e. The molecule has 24 heavy (non-hydrogen) atoms. The summed E-state index contributed by atoms with van der Waals surface area (Å²) in [5.41, 5.74) is 0. The molecule has 0 aliphatic carbocycles. The molecule has 0 spiro atoms. The SMILES string of the molecule is CCO[Si](C)(C)CCCN(C)CC(C)C(=O)O[Si](C)(C)C(C)(C)C. The third kappa shape index (κ3) is 8.78. The average Bonchev–Trinajstić information content (AvgIpc) is 2.36. The van der Waals surface area contributed by atoms with Crippen molar-refractivity contribution < 1.29 is 13.6 Å². The number of carbonyl (C=O) groups excluding carboxylic acids is 1. The van der Waals surface area contributed by atoms with Gasteiger partial charge in [0.15, 0.2) is 8.32 Å². The molecule has 144 valence electrons. The lowest BCUT2D eigenvalue weighted by Crippen LogP contribution is -2.45. The van der Waals surface area contributed by atoms with Gasteiger partial charge >= 0.3 is 0 Å². The molecular weight excluding hydrogens is 334 g/mol. The zero-order valence-corrected chi connectivity index (χ0v) is 19.8. The second-order valence-corrected chi connectivity index (χ2v) is 18.2. The summed E-state index contributed by atoms with van der Waals surface area (Å²) >= 11 is 0. The summed E-state index contributed by atoms with van der Waals surface area (Å²) in [5, 5.41) is 0.0593. The van der Waals surface area contributed by atoms with Gasteiger partial charge in [0.2, 0.25) is 0 Å². The van der Waals surface area contributed by atoms with E-state index in [4.69, 9.17) is 8.85 Å². The molecule has 0 saturated heterocycles. The number of rotatable bonds is 10. The molecule has 0 bridgehead atoms. The van der Waals surface area contributed by atoms with Crippen molar-refractivity contribution in [3.8, 4) is 0 Å². The van der Waals surface area contributed by atoms with Crippen molar-refractivity contribution in [1.29, 1.82) is 0 Å². The van der Waals surface area contributed by atoms with Gasteiger partial charge in [-0.25, -0.2) is 0 Å². The fourth-order valence-electron chi connectivity index (χ4n) is 2.38. The van der Waals surface area contributed by atoms with E-state index in [1.54, 1.807) is 0 Å². The fraction of sp³-hybridized carbons (Fsp3) is 0.944. The Hall–Kier alpha value is -0.176. The van der Waals surface area contributed by atoms with Crippen molar-refractivity contribution >= 4 is 22.6 Å². The first-order valence-corrected chi connectivity index (χ1v) is 15.3. The van der Waals surface area contributed by atoms with Gasteiger partial charge < -0.3 is 13.8 Å². The highest BCUT2D eigenvalue weighted by Gasteiger charge is 2.41. The molecule has 6 heteroatoms. The minimum absolute atomic E-state index is 0.0440. The van der Waals surface area contributed by atoms with Crippen LogP contribution in [0.15, 0.2) is 0 Å². The molecule has 0 fully saturated rings. The molecule has 0 aromatic carbocycles. The Bertz CT molecular complexity index is 392. The smallest absolute Gasteiger partial charge is 0.296 e. The maximum absolute atomic E-state index is 12.4. The zero-order chi connectivity index (χ0) is 19.2. The highest BCUT2D eigenvalue weighted by atomic mass is 28.4. The van der Waals surface area contributed by atoms with Crippen LogP contribution in [-0.2, 0) is 13.6 Å². The summed E-state index contributed by atoms with van der Waals surface area (Å²) in [6.45, 7) is 21.9. The van der Waals surface area contributed by atoms with Gasteiger partial charge in [0.25, 0.3) is 14.3 Å². The van der Waals surface area contributed by atoms with Gasteiger partial charge in [0.1, 0.15) is 0 Å². The molecule has 4 nitrogen and oxygen atoms in total. The van der Waals surface area contributed by atoms with Crippen molar-refractivity contribution in [2.75, 3.05) is 26.7 Å². The molecule has 0 aromatic heterocycles. The molecule has 0 aromatic rings. The Kier molecular flexibility index (Phi) is 9.43. The lowest BCUT2D eigenvalue weighted by molar-refractivity contribution is -0.140. The third-order valence-corrected chi connectivity index (χ3v) is 12.0. The maximum Gasteiger partial charge on any atom is 0.296 e. The normalized spacial score (nSPS) is 14.8. The van der Waals surface area contributed by atoms with E-state index in [2.05, 4.69) is 65.8 Å². The number of hydrogen-bond acceptors (Lipinski definition) is 4. The molecule has 1 atom stereocenters. The Morgan fingerprint density at radius 3 is 2.17 bits per heavy atom. The van der Waals surface area contributed by atoms with E-state index in [1.807, 2.05) is 6.92 Å². The summed E-state index contributed by atoms with van der Waals surface area (Å²) in [6.07, 6.45) is 1.12. The molecule has 0 saturated carbocycles. The standard InChI is InChI=1S/C18H41NO3Si2/c1-11-21-23(7,8)14-12-13-19(6)15-16(2)17(20)22-24(9,10)18(3,4)5/h16H,11-15H2,1-10H3. The van der Waals surface area contributed by atoms with E-state index in [0.717, 1.165) is 32.2 Å². The van der Waals surface area contributed by atoms with Crippen LogP contribution in [0.2, 0.25) is 37.3 Å². The molecule has 1 unspecified atom stereocenters. The van der Waals surface area contributed by atoms with E-state index in [0.29, 0.717) is 0 Å². The first-order chi connectivity index (χ1) is 10.7. The molecule has 0 rings (SSSR count). The molecule has 0 aliphatic rings. The van der Waals surface area contributed by atoms with Gasteiger partial charge in [-0.2, -0.15) is 0 Å². The molecule has 0 heterocycles. The van der Waals surface area contributed by atoms with Crippen LogP contribution >= 0.6 is 0 Å². The van der Waals surface area contributed by atoms with Crippen LogP contribution in [0.5, 0.6) is 0 Å². The van der Waals surface area contributed by atoms with Crippen molar-refractivity contribution in [3.05, 3.63) is 0 Å².